The van der Waals surface area contributed by atoms with Gasteiger partial charge in [-0.3, -0.25) is 18.6 Å². The average Bonchev–Trinajstić information content (AvgIpc) is 2.90. The molecule has 226 valence electrons. The van der Waals surface area contributed by atoms with E-state index in [1.54, 1.807) is 0 Å². The maximum Gasteiger partial charge on any atom is 0.472 e. The first kappa shape index (κ1) is 37.0. The van der Waals surface area contributed by atoms with Crippen molar-refractivity contribution in [1.29, 1.82) is 0 Å². The Morgan fingerprint density at radius 3 is 1.66 bits per heavy atom. The highest BCUT2D eigenvalue weighted by Crippen LogP contribution is 2.43. The molecule has 0 amide bonds. The van der Waals surface area contributed by atoms with Crippen molar-refractivity contribution in [3.63, 3.8) is 0 Å². The topological polar surface area (TPSA) is 149 Å². The summed E-state index contributed by atoms with van der Waals surface area (Å²) < 4.78 is 32.0. The Balaban J connectivity index is 4.36. The van der Waals surface area contributed by atoms with Gasteiger partial charge in [-0.15, -0.1) is 0 Å². The molecule has 0 saturated heterocycles. The van der Waals surface area contributed by atoms with Gasteiger partial charge in [-0.1, -0.05) is 97.3 Å². The Morgan fingerprint density at radius 2 is 1.13 bits per heavy atom. The van der Waals surface area contributed by atoms with Crippen LogP contribution in [-0.2, 0) is 32.7 Å². The average molecular weight is 569 g/mol. The zero-order valence-electron chi connectivity index (χ0n) is 23.7. The lowest BCUT2D eigenvalue weighted by molar-refractivity contribution is -0.161. The van der Waals surface area contributed by atoms with E-state index in [0.717, 1.165) is 38.5 Å². The summed E-state index contributed by atoms with van der Waals surface area (Å²) in [6.07, 6.45) is 14.5. The lowest BCUT2D eigenvalue weighted by Crippen LogP contribution is -2.29. The first-order valence-corrected chi connectivity index (χ1v) is 16.0. The Morgan fingerprint density at radius 1 is 0.684 bits per heavy atom. The lowest BCUT2D eigenvalue weighted by atomic mass is 10.1. The SMILES string of the molecule is CCCCCCCCCCCCCC(=O)OC[C@H](COP(=O)(O)OC[C@@H](O)CO)OC(=O)CCCCCC. The molecular formula is C27H53O10P. The molecule has 0 heterocycles. The van der Waals surface area contributed by atoms with Gasteiger partial charge in [-0.2, -0.15) is 0 Å². The minimum absolute atomic E-state index is 0.180. The van der Waals surface area contributed by atoms with Gasteiger partial charge in [0.2, 0.25) is 0 Å². The number of hydrogen-bond acceptors (Lipinski definition) is 9. The molecule has 1 unspecified atom stereocenters. The van der Waals surface area contributed by atoms with Gasteiger partial charge in [0.15, 0.2) is 6.10 Å². The molecule has 10 nitrogen and oxygen atoms in total. The fourth-order valence-electron chi connectivity index (χ4n) is 3.70. The van der Waals surface area contributed by atoms with Crippen LogP contribution in [0.25, 0.3) is 0 Å². The highest BCUT2D eigenvalue weighted by molar-refractivity contribution is 7.47. The van der Waals surface area contributed by atoms with Crippen molar-refractivity contribution in [2.45, 2.75) is 135 Å². The van der Waals surface area contributed by atoms with Crippen LogP contribution in [0, 0.1) is 0 Å². The predicted octanol–water partition coefficient (Wildman–Crippen LogP) is 5.60. The molecule has 0 saturated carbocycles. The van der Waals surface area contributed by atoms with Gasteiger partial charge in [-0.05, 0) is 12.8 Å². The van der Waals surface area contributed by atoms with Gasteiger partial charge < -0.3 is 24.6 Å². The summed E-state index contributed by atoms with van der Waals surface area (Å²) in [5.41, 5.74) is 0. The summed E-state index contributed by atoms with van der Waals surface area (Å²) in [5.74, 6) is -0.945. The van der Waals surface area contributed by atoms with Crippen molar-refractivity contribution in [3.05, 3.63) is 0 Å². The molecule has 0 radical (unpaired) electrons. The quantitative estimate of drug-likeness (QED) is 0.0649. The summed E-state index contributed by atoms with van der Waals surface area (Å²) in [7, 11) is -4.58. The van der Waals surface area contributed by atoms with Gasteiger partial charge in [0.1, 0.15) is 12.7 Å². The first-order chi connectivity index (χ1) is 18.2. The van der Waals surface area contributed by atoms with Gasteiger partial charge in [0.25, 0.3) is 0 Å². The van der Waals surface area contributed by atoms with E-state index >= 15 is 0 Å². The van der Waals surface area contributed by atoms with Crippen molar-refractivity contribution >= 4 is 19.8 Å². The lowest BCUT2D eigenvalue weighted by Gasteiger charge is -2.20. The highest BCUT2D eigenvalue weighted by Gasteiger charge is 2.27. The number of unbranched alkanes of at least 4 members (excludes halogenated alkanes) is 13. The van der Waals surface area contributed by atoms with Gasteiger partial charge in [-0.25, -0.2) is 4.57 Å². The molecule has 0 aromatic heterocycles. The number of aliphatic hydroxyl groups excluding tert-OH is 2. The van der Waals surface area contributed by atoms with Crippen LogP contribution in [0.2, 0.25) is 0 Å². The van der Waals surface area contributed by atoms with Crippen LogP contribution >= 0.6 is 7.82 Å². The monoisotopic (exact) mass is 568 g/mol. The second-order valence-corrected chi connectivity index (χ2v) is 11.2. The normalized spacial score (nSPS) is 14.6. The molecule has 0 aromatic rings. The number of rotatable bonds is 27. The second kappa shape index (κ2) is 25.0. The van der Waals surface area contributed by atoms with Crippen LogP contribution < -0.4 is 0 Å². The number of aliphatic hydroxyl groups is 2. The molecule has 38 heavy (non-hydrogen) atoms. The van der Waals surface area contributed by atoms with E-state index in [2.05, 4.69) is 18.4 Å². The maximum absolute atomic E-state index is 12.2. The largest absolute Gasteiger partial charge is 0.472 e. The number of hydrogen-bond donors (Lipinski definition) is 3. The van der Waals surface area contributed by atoms with E-state index in [9.17, 15) is 24.2 Å². The third-order valence-corrected chi connectivity index (χ3v) is 6.96. The number of phosphoric ester groups is 1. The first-order valence-electron chi connectivity index (χ1n) is 14.5. The third-order valence-electron chi connectivity index (χ3n) is 6.01. The Kier molecular flexibility index (Phi) is 24.3. The Bertz CT molecular complexity index is 631. The summed E-state index contributed by atoms with van der Waals surface area (Å²) in [5, 5.41) is 18.1. The van der Waals surface area contributed by atoms with Gasteiger partial charge in [0, 0.05) is 12.8 Å². The van der Waals surface area contributed by atoms with Crippen LogP contribution in [0.1, 0.15) is 123 Å². The van der Waals surface area contributed by atoms with E-state index < -0.39 is 51.8 Å². The van der Waals surface area contributed by atoms with Crippen molar-refractivity contribution in [1.82, 2.24) is 0 Å². The molecule has 0 aliphatic carbocycles. The number of ether oxygens (including phenoxy) is 2. The van der Waals surface area contributed by atoms with Crippen molar-refractivity contribution < 1.29 is 47.8 Å². The molecule has 3 N–H and O–H groups in total. The van der Waals surface area contributed by atoms with E-state index in [1.165, 1.54) is 44.9 Å². The van der Waals surface area contributed by atoms with E-state index in [-0.39, 0.29) is 19.4 Å². The predicted molar refractivity (Wildman–Crippen MR) is 145 cm³/mol. The second-order valence-electron chi connectivity index (χ2n) is 9.79. The van der Waals surface area contributed by atoms with Crippen LogP contribution in [-0.4, -0.2) is 65.7 Å². The molecule has 0 rings (SSSR count). The van der Waals surface area contributed by atoms with Gasteiger partial charge in [0.05, 0.1) is 19.8 Å². The summed E-state index contributed by atoms with van der Waals surface area (Å²) in [4.78, 5) is 34.1. The van der Waals surface area contributed by atoms with Crippen molar-refractivity contribution in [2.75, 3.05) is 26.4 Å². The van der Waals surface area contributed by atoms with E-state index in [0.29, 0.717) is 12.8 Å². The molecule has 0 bridgehead atoms. The molecule has 0 aromatic carbocycles. The highest BCUT2D eigenvalue weighted by atomic mass is 31.2. The van der Waals surface area contributed by atoms with E-state index in [1.807, 2.05) is 0 Å². The van der Waals surface area contributed by atoms with Gasteiger partial charge >= 0.3 is 19.8 Å². The number of carbonyl (C=O) groups is 2. The molecule has 0 spiro atoms. The summed E-state index contributed by atoms with van der Waals surface area (Å²) in [6, 6.07) is 0. The van der Waals surface area contributed by atoms with Crippen LogP contribution in [0.4, 0.5) is 0 Å². The van der Waals surface area contributed by atoms with Crippen LogP contribution in [0.5, 0.6) is 0 Å². The fraction of sp³-hybridized carbons (Fsp3) is 0.926. The van der Waals surface area contributed by atoms with Crippen LogP contribution in [0.15, 0.2) is 0 Å². The summed E-state index contributed by atoms with van der Waals surface area (Å²) >= 11 is 0. The fourth-order valence-corrected chi connectivity index (χ4v) is 4.49. The molecule has 0 aliphatic heterocycles. The molecule has 0 aliphatic rings. The van der Waals surface area contributed by atoms with Crippen LogP contribution in [0.3, 0.4) is 0 Å². The third kappa shape index (κ3) is 24.0. The molecular weight excluding hydrogens is 515 g/mol. The maximum atomic E-state index is 12.2. The molecule has 3 atom stereocenters. The minimum atomic E-state index is -4.58. The summed E-state index contributed by atoms with van der Waals surface area (Å²) in [6.45, 7) is 2.18. The zero-order chi connectivity index (χ0) is 28.5. The Hall–Kier alpha value is -1.03. The number of esters is 2. The molecule has 0 fully saturated rings. The standard InChI is InChI=1S/C27H53O10P/c1-3-5-7-9-10-11-12-13-14-15-17-18-26(30)34-22-25(37-27(31)19-16-8-6-4-2)23-36-38(32,33)35-21-24(29)20-28/h24-25,28-29H,3-23H2,1-2H3,(H,32,33)/t24-,25+/m0/s1. The molecule has 11 heteroatoms. The smallest absolute Gasteiger partial charge is 0.462 e. The van der Waals surface area contributed by atoms with Crippen molar-refractivity contribution in [3.8, 4) is 0 Å². The number of carbonyl (C=O) groups excluding carboxylic acids is 2. The van der Waals surface area contributed by atoms with Crippen molar-refractivity contribution in [2.24, 2.45) is 0 Å². The minimum Gasteiger partial charge on any atom is -0.462 e. The van der Waals surface area contributed by atoms with E-state index in [4.69, 9.17) is 19.1 Å². The Labute approximate surface area is 229 Å². The zero-order valence-corrected chi connectivity index (χ0v) is 24.5. The number of phosphoric acid groups is 1.